The van der Waals surface area contributed by atoms with Gasteiger partial charge in [0.05, 0.1) is 12.0 Å². The van der Waals surface area contributed by atoms with Crippen LogP contribution in [0, 0.1) is 36.8 Å². The van der Waals surface area contributed by atoms with Crippen molar-refractivity contribution >= 4 is 24.4 Å². The molecular weight excluding hydrogens is 349 g/mol. The van der Waals surface area contributed by atoms with Crippen LogP contribution in [0.2, 0.25) is 0 Å². The molecule has 1 fully saturated rings. The second-order valence-electron chi connectivity index (χ2n) is 7.03. The van der Waals surface area contributed by atoms with Crippen LogP contribution in [0.15, 0.2) is 65.7 Å². The molecule has 0 bridgehead atoms. The molecule has 2 aliphatic rings. The lowest BCUT2D eigenvalue weighted by atomic mass is 10.0. The van der Waals surface area contributed by atoms with Crippen molar-refractivity contribution in [1.82, 2.24) is 0 Å². The second-order valence-corrected chi connectivity index (χ2v) is 9.21. The molecule has 27 heavy (non-hydrogen) atoms. The summed E-state index contributed by atoms with van der Waals surface area (Å²) in [6.45, 7) is 5.17. The minimum atomic E-state index is -0.640. The first-order valence-corrected chi connectivity index (χ1v) is 11.0. The number of rotatable bonds is 6. The Bertz CT molecular complexity index is 721. The van der Waals surface area contributed by atoms with Crippen molar-refractivity contribution in [2.24, 2.45) is 10.9 Å². The van der Waals surface area contributed by atoms with Gasteiger partial charge in [0.2, 0.25) is 0 Å². The summed E-state index contributed by atoms with van der Waals surface area (Å²) in [5.41, 5.74) is 1.32. The molecule has 2 nitrogen and oxygen atoms in total. The van der Waals surface area contributed by atoms with E-state index in [1.165, 1.54) is 16.3 Å². The van der Waals surface area contributed by atoms with Crippen molar-refractivity contribution < 1.29 is 4.74 Å². The lowest BCUT2D eigenvalue weighted by molar-refractivity contribution is 0.280. The molecule has 137 valence electrons. The molecule has 2 atom stereocenters. The van der Waals surface area contributed by atoms with Gasteiger partial charge < -0.3 is 4.74 Å². The summed E-state index contributed by atoms with van der Waals surface area (Å²) in [5, 5.41) is 2.70. The third-order valence-corrected chi connectivity index (χ3v) is 7.77. The second kappa shape index (κ2) is 8.57. The number of aliphatic imine (C=N–C) groups is 1. The molecule has 0 N–H and O–H groups in total. The summed E-state index contributed by atoms with van der Waals surface area (Å²) in [4.78, 5) is 4.94. The van der Waals surface area contributed by atoms with Crippen LogP contribution in [0.5, 0.6) is 0 Å². The van der Waals surface area contributed by atoms with Crippen LogP contribution in [0.1, 0.15) is 20.3 Å². The van der Waals surface area contributed by atoms with Crippen molar-refractivity contribution in [2.45, 2.75) is 26.3 Å². The van der Waals surface area contributed by atoms with E-state index in [4.69, 9.17) is 9.73 Å². The van der Waals surface area contributed by atoms with Gasteiger partial charge in [0.15, 0.2) is 5.90 Å². The van der Waals surface area contributed by atoms with Gasteiger partial charge in [-0.1, -0.05) is 80.9 Å². The molecule has 5 radical (unpaired) electrons. The number of hydrogen-bond donors (Lipinski definition) is 0. The summed E-state index contributed by atoms with van der Waals surface area (Å²) in [5.74, 6) is 2.52. The highest BCUT2D eigenvalue weighted by atomic mass is 31.1. The van der Waals surface area contributed by atoms with Crippen molar-refractivity contribution in [3.05, 3.63) is 91.5 Å². The maximum absolute atomic E-state index is 6.06. The molecule has 1 saturated carbocycles. The van der Waals surface area contributed by atoms with E-state index < -0.39 is 7.92 Å². The van der Waals surface area contributed by atoms with Crippen LogP contribution in [-0.4, -0.2) is 18.5 Å². The molecule has 0 saturated heterocycles. The quantitative estimate of drug-likeness (QED) is 0.672. The highest BCUT2D eigenvalue weighted by Crippen LogP contribution is 2.56. The minimum absolute atomic E-state index is 0.271. The Morgan fingerprint density at radius 2 is 1.63 bits per heavy atom. The third-order valence-electron chi connectivity index (χ3n) is 5.27. The van der Waals surface area contributed by atoms with E-state index >= 15 is 0 Å². The lowest BCUT2D eigenvalue weighted by Gasteiger charge is -2.28. The molecule has 2 unspecified atom stereocenters. The number of nitrogens with zero attached hydrogens (tertiary/aromatic N) is 1. The van der Waals surface area contributed by atoms with Crippen molar-refractivity contribution in [3.63, 3.8) is 0 Å². The summed E-state index contributed by atoms with van der Waals surface area (Å²) < 4.78 is 6.06. The smallest absolute Gasteiger partial charge is 0.192 e. The van der Waals surface area contributed by atoms with E-state index in [0.29, 0.717) is 12.5 Å². The van der Waals surface area contributed by atoms with Crippen LogP contribution in [0.25, 0.3) is 0 Å². The van der Waals surface area contributed by atoms with Crippen LogP contribution in [0.3, 0.4) is 0 Å². The summed E-state index contributed by atoms with van der Waals surface area (Å²) in [7, 11) is -0.640. The molecule has 0 spiro atoms. The maximum atomic E-state index is 6.06. The average Bonchev–Trinajstić information content (AvgIpc) is 3.39. The van der Waals surface area contributed by atoms with Crippen LogP contribution in [-0.2, 0) is 4.74 Å². The molecule has 3 heteroatoms. The Kier molecular flexibility index (Phi) is 5.93. The van der Waals surface area contributed by atoms with Gasteiger partial charge in [0.25, 0.3) is 0 Å². The first-order chi connectivity index (χ1) is 13.3. The van der Waals surface area contributed by atoms with E-state index in [1.807, 2.05) is 0 Å². The van der Waals surface area contributed by atoms with Gasteiger partial charge in [-0.25, -0.2) is 4.99 Å². The standard InChI is InChI=1S/C24H25NOP/c1-3-18(2)22-17-26-24(25-22)21-15-10-16-23(21)27(19-11-6-4-7-12-19)20-13-8-5-9-14-20/h4-16,18,22H,3,17H2,1-2H3. The summed E-state index contributed by atoms with van der Waals surface area (Å²) in [6, 6.07) is 21.8. The minimum Gasteiger partial charge on any atom is -0.478 e. The fourth-order valence-corrected chi connectivity index (χ4v) is 5.91. The van der Waals surface area contributed by atoms with Gasteiger partial charge in [-0.05, 0) is 43.7 Å². The van der Waals surface area contributed by atoms with Crippen LogP contribution < -0.4 is 10.6 Å². The van der Waals surface area contributed by atoms with Crippen molar-refractivity contribution in [2.75, 3.05) is 6.61 Å². The zero-order valence-corrected chi connectivity index (χ0v) is 16.8. The normalized spacial score (nSPS) is 22.0. The first kappa shape index (κ1) is 18.7. The van der Waals surface area contributed by atoms with E-state index in [2.05, 4.69) is 93.8 Å². The largest absolute Gasteiger partial charge is 0.478 e. The molecule has 0 aromatic heterocycles. The summed E-state index contributed by atoms with van der Waals surface area (Å²) in [6.07, 6.45) is 7.66. The van der Waals surface area contributed by atoms with E-state index in [0.717, 1.165) is 18.2 Å². The highest BCUT2D eigenvalue weighted by Gasteiger charge is 2.42. The Morgan fingerprint density at radius 1 is 1.00 bits per heavy atom. The van der Waals surface area contributed by atoms with E-state index in [1.54, 1.807) is 0 Å². The molecule has 4 rings (SSSR count). The van der Waals surface area contributed by atoms with Gasteiger partial charge in [-0.2, -0.15) is 0 Å². The van der Waals surface area contributed by atoms with Gasteiger partial charge in [-0.3, -0.25) is 0 Å². The van der Waals surface area contributed by atoms with Gasteiger partial charge in [0.1, 0.15) is 6.61 Å². The Balaban J connectivity index is 1.66. The predicted molar refractivity (Wildman–Crippen MR) is 115 cm³/mol. The molecule has 2 aromatic rings. The fraction of sp³-hybridized carbons (Fsp3) is 0.250. The molecule has 1 heterocycles. The van der Waals surface area contributed by atoms with E-state index in [-0.39, 0.29) is 6.04 Å². The molecular formula is C24H25NOP. The molecule has 1 aliphatic heterocycles. The summed E-state index contributed by atoms with van der Waals surface area (Å²) >= 11 is 0. The number of benzene rings is 2. The highest BCUT2D eigenvalue weighted by molar-refractivity contribution is 7.76. The van der Waals surface area contributed by atoms with Gasteiger partial charge in [0, 0.05) is 5.66 Å². The van der Waals surface area contributed by atoms with Crippen LogP contribution in [0.4, 0.5) is 0 Å². The average molecular weight is 374 g/mol. The SMILES string of the molecule is CCC(C)C1COC([C]2[CH][CH][CH][C]2P(c2ccccc2)c2ccccc2)=N1. The third kappa shape index (κ3) is 3.97. The number of hydrogen-bond acceptors (Lipinski definition) is 2. The van der Waals surface area contributed by atoms with Gasteiger partial charge >= 0.3 is 0 Å². The van der Waals surface area contributed by atoms with Gasteiger partial charge in [-0.15, -0.1) is 0 Å². The zero-order chi connectivity index (χ0) is 18.6. The molecule has 0 amide bonds. The Hall–Kier alpha value is -1.66. The Morgan fingerprint density at radius 3 is 2.22 bits per heavy atom. The maximum Gasteiger partial charge on any atom is 0.192 e. The number of ether oxygens (including phenoxy) is 1. The van der Waals surface area contributed by atoms with Crippen LogP contribution >= 0.6 is 7.92 Å². The first-order valence-electron chi connectivity index (χ1n) is 9.65. The Labute approximate surface area is 164 Å². The monoisotopic (exact) mass is 374 g/mol. The van der Waals surface area contributed by atoms with E-state index in [9.17, 15) is 0 Å². The predicted octanol–water partition coefficient (Wildman–Crippen LogP) is 4.70. The fourth-order valence-electron chi connectivity index (χ4n) is 3.47. The zero-order valence-electron chi connectivity index (χ0n) is 15.9. The topological polar surface area (TPSA) is 21.6 Å². The lowest BCUT2D eigenvalue weighted by Crippen LogP contribution is -2.23. The van der Waals surface area contributed by atoms with Crippen molar-refractivity contribution in [3.8, 4) is 0 Å². The molecule has 2 aromatic carbocycles. The van der Waals surface area contributed by atoms with Crippen molar-refractivity contribution in [1.29, 1.82) is 0 Å². The molecule has 1 aliphatic carbocycles.